The summed E-state index contributed by atoms with van der Waals surface area (Å²) in [6.07, 6.45) is 0. The van der Waals surface area contributed by atoms with Gasteiger partial charge in [0.1, 0.15) is 11.6 Å². The Hall–Kier alpha value is -2.56. The Kier molecular flexibility index (Phi) is 4.77. The van der Waals surface area contributed by atoms with Crippen LogP contribution in [-0.4, -0.2) is 24.5 Å². The number of para-hydroxylation sites is 2. The van der Waals surface area contributed by atoms with Crippen LogP contribution < -0.4 is 15.4 Å². The van der Waals surface area contributed by atoms with Crippen molar-refractivity contribution >= 4 is 17.4 Å². The van der Waals surface area contributed by atoms with Crippen molar-refractivity contribution in [3.63, 3.8) is 0 Å². The molecule has 2 N–H and O–H groups in total. The molecule has 5 nitrogen and oxygen atoms in total. The highest BCUT2D eigenvalue weighted by Crippen LogP contribution is 2.24. The molecule has 0 aliphatic rings. The van der Waals surface area contributed by atoms with Gasteiger partial charge in [-0.2, -0.15) is 0 Å². The Labute approximate surface area is 124 Å². The van der Waals surface area contributed by atoms with Crippen molar-refractivity contribution in [2.24, 2.45) is 0 Å². The van der Waals surface area contributed by atoms with Gasteiger partial charge < -0.3 is 15.4 Å². The summed E-state index contributed by atoms with van der Waals surface area (Å²) in [6.45, 7) is 4.60. The van der Waals surface area contributed by atoms with E-state index < -0.39 is 0 Å². The molecular formula is C16H19N3O2. The molecular weight excluding hydrogens is 266 g/mol. The van der Waals surface area contributed by atoms with Gasteiger partial charge in [0.25, 0.3) is 5.91 Å². The number of nitrogens with zero attached hydrogens (tertiary/aromatic N) is 1. The van der Waals surface area contributed by atoms with Crippen LogP contribution in [0.4, 0.5) is 11.5 Å². The van der Waals surface area contributed by atoms with Crippen molar-refractivity contribution in [2.75, 3.05) is 24.3 Å². The maximum atomic E-state index is 12.4. The lowest BCUT2D eigenvalue weighted by Crippen LogP contribution is -2.14. The Bertz CT molecular complexity index is 641. The average molecular weight is 285 g/mol. The van der Waals surface area contributed by atoms with Crippen LogP contribution >= 0.6 is 0 Å². The largest absolute Gasteiger partial charge is 0.495 e. The van der Waals surface area contributed by atoms with Gasteiger partial charge in [0, 0.05) is 17.8 Å². The fraction of sp³-hybridized carbons (Fsp3) is 0.250. The summed E-state index contributed by atoms with van der Waals surface area (Å²) < 4.78 is 5.23. The predicted molar refractivity (Wildman–Crippen MR) is 84.1 cm³/mol. The normalized spacial score (nSPS) is 10.0. The number of carbonyl (C=O) groups is 1. The Morgan fingerprint density at radius 3 is 2.76 bits per heavy atom. The molecule has 1 aromatic carbocycles. The van der Waals surface area contributed by atoms with Crippen LogP contribution in [-0.2, 0) is 0 Å². The number of aryl methyl sites for hydroxylation is 1. The molecule has 0 atom stereocenters. The molecule has 0 spiro atoms. The first-order valence-electron chi connectivity index (χ1n) is 6.81. The third-order valence-corrected chi connectivity index (χ3v) is 2.93. The van der Waals surface area contributed by atoms with Crippen molar-refractivity contribution in [2.45, 2.75) is 13.8 Å². The molecule has 21 heavy (non-hydrogen) atoms. The summed E-state index contributed by atoms with van der Waals surface area (Å²) in [4.78, 5) is 16.7. The number of ether oxygens (including phenoxy) is 1. The summed E-state index contributed by atoms with van der Waals surface area (Å²) in [7, 11) is 1.57. The Morgan fingerprint density at radius 1 is 1.29 bits per heavy atom. The first-order chi connectivity index (χ1) is 10.1. The van der Waals surface area contributed by atoms with Crippen molar-refractivity contribution < 1.29 is 9.53 Å². The summed E-state index contributed by atoms with van der Waals surface area (Å²) in [6, 6.07) is 10.8. The number of nitrogens with one attached hydrogen (secondary N) is 2. The number of anilines is 2. The topological polar surface area (TPSA) is 63.2 Å². The van der Waals surface area contributed by atoms with Crippen molar-refractivity contribution in [1.82, 2.24) is 4.98 Å². The van der Waals surface area contributed by atoms with E-state index in [1.165, 1.54) is 0 Å². The molecule has 1 amide bonds. The number of hydrogen-bond donors (Lipinski definition) is 2. The molecule has 2 aromatic rings. The minimum atomic E-state index is -0.191. The predicted octanol–water partition coefficient (Wildman–Crippen LogP) is 3.08. The van der Waals surface area contributed by atoms with Crippen LogP contribution in [0.25, 0.3) is 0 Å². The lowest BCUT2D eigenvalue weighted by molar-refractivity contribution is 0.102. The van der Waals surface area contributed by atoms with Gasteiger partial charge in [-0.3, -0.25) is 4.79 Å². The number of methoxy groups -OCH3 is 1. The van der Waals surface area contributed by atoms with Crippen LogP contribution in [0.3, 0.4) is 0 Å². The second-order valence-corrected chi connectivity index (χ2v) is 4.57. The van der Waals surface area contributed by atoms with Crippen LogP contribution in [0.5, 0.6) is 5.75 Å². The number of rotatable bonds is 5. The van der Waals surface area contributed by atoms with Gasteiger partial charge in [-0.1, -0.05) is 12.1 Å². The molecule has 0 aliphatic heterocycles. The van der Waals surface area contributed by atoms with E-state index >= 15 is 0 Å². The molecule has 0 aliphatic carbocycles. The SMILES string of the molecule is CCNc1cc(C(=O)Nc2ccccc2OC)cc(C)n1. The van der Waals surface area contributed by atoms with Gasteiger partial charge in [-0.15, -0.1) is 0 Å². The zero-order chi connectivity index (χ0) is 15.2. The molecule has 0 unspecified atom stereocenters. The van der Waals surface area contributed by atoms with E-state index in [2.05, 4.69) is 15.6 Å². The highest BCUT2D eigenvalue weighted by molar-refractivity contribution is 6.05. The molecule has 110 valence electrons. The highest BCUT2D eigenvalue weighted by atomic mass is 16.5. The standard InChI is InChI=1S/C16H19N3O2/c1-4-17-15-10-12(9-11(2)18-15)16(20)19-13-7-5-6-8-14(13)21-3/h5-10H,4H2,1-3H3,(H,17,18)(H,19,20). The number of aromatic nitrogens is 1. The summed E-state index contributed by atoms with van der Waals surface area (Å²) in [5.74, 6) is 1.13. The number of pyridine rings is 1. The minimum absolute atomic E-state index is 0.191. The molecule has 0 saturated heterocycles. The lowest BCUT2D eigenvalue weighted by Gasteiger charge is -2.11. The van der Waals surface area contributed by atoms with E-state index in [9.17, 15) is 4.79 Å². The van der Waals surface area contributed by atoms with Crippen LogP contribution in [0, 0.1) is 6.92 Å². The first kappa shape index (κ1) is 14.8. The highest BCUT2D eigenvalue weighted by Gasteiger charge is 2.11. The number of hydrogen-bond acceptors (Lipinski definition) is 4. The van der Waals surface area contributed by atoms with Crippen molar-refractivity contribution in [3.05, 3.63) is 47.7 Å². The van der Waals surface area contributed by atoms with Gasteiger partial charge in [-0.25, -0.2) is 4.98 Å². The van der Waals surface area contributed by atoms with Gasteiger partial charge in [-0.05, 0) is 38.1 Å². The molecule has 0 radical (unpaired) electrons. The van der Waals surface area contributed by atoms with Crippen molar-refractivity contribution in [3.8, 4) is 5.75 Å². The fourth-order valence-electron chi connectivity index (χ4n) is 2.01. The Balaban J connectivity index is 2.24. The second-order valence-electron chi connectivity index (χ2n) is 4.57. The zero-order valence-electron chi connectivity index (χ0n) is 12.4. The van der Waals surface area contributed by atoms with Crippen molar-refractivity contribution in [1.29, 1.82) is 0 Å². The number of benzene rings is 1. The summed E-state index contributed by atoms with van der Waals surface area (Å²) >= 11 is 0. The summed E-state index contributed by atoms with van der Waals surface area (Å²) in [5, 5.41) is 5.97. The van der Waals surface area contributed by atoms with Gasteiger partial charge >= 0.3 is 0 Å². The first-order valence-corrected chi connectivity index (χ1v) is 6.81. The monoisotopic (exact) mass is 285 g/mol. The quantitative estimate of drug-likeness (QED) is 0.886. The smallest absolute Gasteiger partial charge is 0.255 e. The number of amides is 1. The third kappa shape index (κ3) is 3.72. The summed E-state index contributed by atoms with van der Waals surface area (Å²) in [5.41, 5.74) is 1.99. The zero-order valence-corrected chi connectivity index (χ0v) is 12.4. The van der Waals surface area contributed by atoms with E-state index in [0.29, 0.717) is 22.8 Å². The molecule has 1 heterocycles. The fourth-order valence-corrected chi connectivity index (χ4v) is 2.01. The maximum Gasteiger partial charge on any atom is 0.255 e. The number of carbonyl (C=O) groups excluding carboxylic acids is 1. The average Bonchev–Trinajstić information content (AvgIpc) is 2.47. The molecule has 1 aromatic heterocycles. The van der Waals surface area contributed by atoms with Crippen LogP contribution in [0.1, 0.15) is 23.0 Å². The lowest BCUT2D eigenvalue weighted by atomic mass is 10.2. The van der Waals surface area contributed by atoms with E-state index in [-0.39, 0.29) is 5.91 Å². The molecule has 2 rings (SSSR count). The van der Waals surface area contributed by atoms with Crippen LogP contribution in [0.2, 0.25) is 0 Å². The molecule has 0 saturated carbocycles. The minimum Gasteiger partial charge on any atom is -0.495 e. The van der Waals surface area contributed by atoms with Gasteiger partial charge in [0.05, 0.1) is 12.8 Å². The second kappa shape index (κ2) is 6.74. The Morgan fingerprint density at radius 2 is 2.05 bits per heavy atom. The molecule has 5 heteroatoms. The molecule has 0 bridgehead atoms. The maximum absolute atomic E-state index is 12.4. The van der Waals surface area contributed by atoms with E-state index in [1.54, 1.807) is 31.4 Å². The van der Waals surface area contributed by atoms with E-state index in [1.807, 2.05) is 26.0 Å². The van der Waals surface area contributed by atoms with Gasteiger partial charge in [0.15, 0.2) is 0 Å². The molecule has 0 fully saturated rings. The third-order valence-electron chi connectivity index (χ3n) is 2.93. The van der Waals surface area contributed by atoms with E-state index in [4.69, 9.17) is 4.74 Å². The van der Waals surface area contributed by atoms with E-state index in [0.717, 1.165) is 12.2 Å². The van der Waals surface area contributed by atoms with Gasteiger partial charge in [0.2, 0.25) is 0 Å². The van der Waals surface area contributed by atoms with Crippen LogP contribution in [0.15, 0.2) is 36.4 Å².